The van der Waals surface area contributed by atoms with Crippen molar-refractivity contribution < 1.29 is 24.2 Å². The van der Waals surface area contributed by atoms with Crippen molar-refractivity contribution in [3.63, 3.8) is 0 Å². The number of carbonyl (C=O) groups excluding carboxylic acids is 2. The Kier molecular flexibility index (Phi) is 8.92. The molecule has 1 heterocycles. The molecule has 0 radical (unpaired) electrons. The summed E-state index contributed by atoms with van der Waals surface area (Å²) in [5.41, 5.74) is -2.60. The monoisotopic (exact) mass is 439 g/mol. The van der Waals surface area contributed by atoms with Crippen molar-refractivity contribution in [3.05, 3.63) is 55.8 Å². The first-order valence-electron chi connectivity index (χ1n) is 9.61. The lowest BCUT2D eigenvalue weighted by Gasteiger charge is -2.19. The molecular formula is C20H29N3O8. The van der Waals surface area contributed by atoms with Gasteiger partial charge in [-0.05, 0) is 34.6 Å². The summed E-state index contributed by atoms with van der Waals surface area (Å²) < 4.78 is 12.4. The number of esters is 2. The van der Waals surface area contributed by atoms with Gasteiger partial charge in [0.05, 0.1) is 25.7 Å². The number of hydrogen-bond donors (Lipinski definition) is 1. The first-order valence-corrected chi connectivity index (χ1v) is 9.61. The van der Waals surface area contributed by atoms with Gasteiger partial charge in [0, 0.05) is 11.1 Å². The largest absolute Gasteiger partial charge is 0.457 e. The standard InChI is InChI=1S/C20H29N3O8/c1-11(2)16(25)30-14(6)9-22-18(27)21(8-13(5)24)19(28)23(20(22)29)10-15(7)31-17(26)12(3)4/h13-15,24H,1,3,8-10H2,2,4-7H3. The molecule has 0 aliphatic carbocycles. The van der Waals surface area contributed by atoms with Gasteiger partial charge in [-0.3, -0.25) is 0 Å². The molecule has 11 nitrogen and oxygen atoms in total. The smallest absolute Gasteiger partial charge is 0.336 e. The van der Waals surface area contributed by atoms with Crippen molar-refractivity contribution in [2.45, 2.75) is 72.6 Å². The Morgan fingerprint density at radius 1 is 0.774 bits per heavy atom. The highest BCUT2D eigenvalue weighted by Crippen LogP contribution is 2.01. The number of aliphatic hydroxyl groups excluding tert-OH is 1. The molecule has 3 unspecified atom stereocenters. The zero-order valence-electron chi connectivity index (χ0n) is 18.4. The predicted molar refractivity (Wildman–Crippen MR) is 112 cm³/mol. The van der Waals surface area contributed by atoms with Crippen molar-refractivity contribution in [2.75, 3.05) is 0 Å². The summed E-state index contributed by atoms with van der Waals surface area (Å²) in [7, 11) is 0. The van der Waals surface area contributed by atoms with E-state index < -0.39 is 47.3 Å². The molecule has 0 saturated carbocycles. The maximum atomic E-state index is 12.9. The fraction of sp³-hybridized carbons (Fsp3) is 0.550. The van der Waals surface area contributed by atoms with Crippen LogP contribution in [0.25, 0.3) is 0 Å². The minimum Gasteiger partial charge on any atom is -0.457 e. The average Bonchev–Trinajstić information content (AvgIpc) is 2.65. The van der Waals surface area contributed by atoms with E-state index in [1.54, 1.807) is 0 Å². The molecule has 0 fully saturated rings. The molecule has 31 heavy (non-hydrogen) atoms. The lowest BCUT2D eigenvalue weighted by molar-refractivity contribution is -0.144. The van der Waals surface area contributed by atoms with Gasteiger partial charge in [0.25, 0.3) is 0 Å². The molecule has 0 amide bonds. The second kappa shape index (κ2) is 10.7. The van der Waals surface area contributed by atoms with Crippen LogP contribution in [0.4, 0.5) is 0 Å². The molecule has 0 saturated heterocycles. The van der Waals surface area contributed by atoms with Gasteiger partial charge in [-0.25, -0.2) is 37.7 Å². The van der Waals surface area contributed by atoms with Crippen molar-refractivity contribution in [1.29, 1.82) is 0 Å². The van der Waals surface area contributed by atoms with Crippen LogP contribution in [0, 0.1) is 0 Å². The SMILES string of the molecule is C=C(C)C(=O)OC(C)Cn1c(=O)n(CC(C)O)c(=O)n(CC(C)OC(=O)C(=C)C)c1=O. The molecule has 0 aromatic carbocycles. The minimum atomic E-state index is -1.05. The number of rotatable bonds is 10. The molecular weight excluding hydrogens is 410 g/mol. The highest BCUT2D eigenvalue weighted by molar-refractivity contribution is 5.87. The normalized spacial score (nSPS) is 13.7. The second-order valence-electron chi connectivity index (χ2n) is 7.52. The van der Waals surface area contributed by atoms with E-state index in [1.165, 1.54) is 34.6 Å². The maximum Gasteiger partial charge on any atom is 0.336 e. The zero-order chi connectivity index (χ0) is 24.0. The van der Waals surface area contributed by atoms with Gasteiger partial charge in [0.1, 0.15) is 12.2 Å². The van der Waals surface area contributed by atoms with E-state index in [9.17, 15) is 29.1 Å². The molecule has 172 valence electrons. The van der Waals surface area contributed by atoms with Crippen LogP contribution >= 0.6 is 0 Å². The molecule has 1 rings (SSSR count). The van der Waals surface area contributed by atoms with Gasteiger partial charge < -0.3 is 14.6 Å². The Hall–Kier alpha value is -3.21. The Morgan fingerprint density at radius 2 is 1.06 bits per heavy atom. The third-order valence-corrected chi connectivity index (χ3v) is 4.02. The van der Waals surface area contributed by atoms with Crippen LogP contribution < -0.4 is 17.1 Å². The van der Waals surface area contributed by atoms with E-state index in [2.05, 4.69) is 13.2 Å². The van der Waals surface area contributed by atoms with Gasteiger partial charge in [-0.15, -0.1) is 0 Å². The number of aromatic nitrogens is 3. The highest BCUT2D eigenvalue weighted by Gasteiger charge is 2.22. The third kappa shape index (κ3) is 6.92. The number of nitrogens with zero attached hydrogens (tertiary/aromatic N) is 3. The Bertz CT molecular complexity index is 970. The first-order chi connectivity index (χ1) is 14.3. The van der Waals surface area contributed by atoms with Gasteiger partial charge in [0.2, 0.25) is 0 Å². The van der Waals surface area contributed by atoms with Crippen LogP contribution in [0.2, 0.25) is 0 Å². The number of aliphatic hydroxyl groups is 1. The molecule has 1 N–H and O–H groups in total. The van der Waals surface area contributed by atoms with E-state index in [-0.39, 0.29) is 30.8 Å². The van der Waals surface area contributed by atoms with Crippen LogP contribution in [-0.2, 0) is 38.7 Å². The summed E-state index contributed by atoms with van der Waals surface area (Å²) in [5, 5.41) is 9.68. The molecule has 3 atom stereocenters. The van der Waals surface area contributed by atoms with E-state index in [4.69, 9.17) is 9.47 Å². The van der Waals surface area contributed by atoms with Gasteiger partial charge in [-0.2, -0.15) is 0 Å². The molecule has 11 heteroatoms. The van der Waals surface area contributed by atoms with Crippen LogP contribution in [-0.4, -0.2) is 49.1 Å². The summed E-state index contributed by atoms with van der Waals surface area (Å²) in [4.78, 5) is 61.8. The highest BCUT2D eigenvalue weighted by atomic mass is 16.5. The van der Waals surface area contributed by atoms with Crippen molar-refractivity contribution in [3.8, 4) is 0 Å². The molecule has 0 bridgehead atoms. The summed E-state index contributed by atoms with van der Waals surface area (Å²) in [6.07, 6.45) is -2.83. The molecule has 0 spiro atoms. The fourth-order valence-electron chi connectivity index (χ4n) is 2.57. The van der Waals surface area contributed by atoms with E-state index in [0.717, 1.165) is 9.13 Å². The Morgan fingerprint density at radius 3 is 1.32 bits per heavy atom. The lowest BCUT2D eigenvalue weighted by Crippen LogP contribution is -2.57. The minimum absolute atomic E-state index is 0.142. The predicted octanol–water partition coefficient (Wildman–Crippen LogP) is -0.432. The summed E-state index contributed by atoms with van der Waals surface area (Å²) >= 11 is 0. The third-order valence-electron chi connectivity index (χ3n) is 4.02. The zero-order valence-corrected chi connectivity index (χ0v) is 18.4. The van der Waals surface area contributed by atoms with Crippen LogP contribution in [0.15, 0.2) is 38.7 Å². The van der Waals surface area contributed by atoms with Crippen LogP contribution in [0.1, 0.15) is 34.6 Å². The lowest BCUT2D eigenvalue weighted by atomic mass is 10.3. The molecule has 0 aliphatic heterocycles. The Labute approximate surface area is 178 Å². The van der Waals surface area contributed by atoms with Crippen LogP contribution in [0.5, 0.6) is 0 Å². The average molecular weight is 439 g/mol. The van der Waals surface area contributed by atoms with E-state index in [0.29, 0.717) is 4.57 Å². The van der Waals surface area contributed by atoms with Crippen molar-refractivity contribution >= 4 is 11.9 Å². The second-order valence-corrected chi connectivity index (χ2v) is 7.52. The number of ether oxygens (including phenoxy) is 2. The first kappa shape index (κ1) is 25.8. The van der Waals surface area contributed by atoms with Gasteiger partial charge in [-0.1, -0.05) is 13.2 Å². The van der Waals surface area contributed by atoms with E-state index >= 15 is 0 Å². The van der Waals surface area contributed by atoms with Crippen LogP contribution in [0.3, 0.4) is 0 Å². The maximum absolute atomic E-state index is 12.9. The van der Waals surface area contributed by atoms with E-state index in [1.807, 2.05) is 0 Å². The molecule has 0 aliphatic rings. The summed E-state index contributed by atoms with van der Waals surface area (Å²) in [6, 6.07) is 0. The molecule has 1 aromatic rings. The number of hydrogen-bond acceptors (Lipinski definition) is 8. The fourth-order valence-corrected chi connectivity index (χ4v) is 2.57. The van der Waals surface area contributed by atoms with Gasteiger partial charge >= 0.3 is 29.0 Å². The topological polar surface area (TPSA) is 139 Å². The Balaban J connectivity index is 3.43. The summed E-state index contributed by atoms with van der Waals surface area (Å²) in [5.74, 6) is -1.39. The summed E-state index contributed by atoms with van der Waals surface area (Å²) in [6.45, 7) is 13.1. The number of carbonyl (C=O) groups is 2. The van der Waals surface area contributed by atoms with Gasteiger partial charge in [0.15, 0.2) is 0 Å². The van der Waals surface area contributed by atoms with Crippen molar-refractivity contribution in [1.82, 2.24) is 13.7 Å². The molecule has 1 aromatic heterocycles. The quantitative estimate of drug-likeness (QED) is 0.383. The van der Waals surface area contributed by atoms with Crippen molar-refractivity contribution in [2.24, 2.45) is 0 Å².